The number of benzene rings is 1. The molecule has 1 spiro atoms. The van der Waals surface area contributed by atoms with Gasteiger partial charge >= 0.3 is 0 Å². The minimum Gasteiger partial charge on any atom is -0.385 e. The van der Waals surface area contributed by atoms with Crippen molar-refractivity contribution in [1.82, 2.24) is 20.6 Å². The maximum Gasteiger partial charge on any atom is 0.269 e. The van der Waals surface area contributed by atoms with E-state index < -0.39 is 11.4 Å². The van der Waals surface area contributed by atoms with Gasteiger partial charge in [-0.05, 0) is 24.8 Å². The third-order valence-electron chi connectivity index (χ3n) is 6.82. The van der Waals surface area contributed by atoms with Crippen LogP contribution < -0.4 is 15.5 Å². The van der Waals surface area contributed by atoms with Crippen molar-refractivity contribution in [2.24, 2.45) is 5.16 Å². The first kappa shape index (κ1) is 21.8. The first-order chi connectivity index (χ1) is 16.1. The molecule has 2 aromatic rings. The lowest BCUT2D eigenvalue weighted by Crippen LogP contribution is -2.62. The molecule has 0 radical (unpaired) electrons. The van der Waals surface area contributed by atoms with Crippen LogP contribution in [0.15, 0.2) is 47.9 Å². The number of hydrogen-bond acceptors (Lipinski definition) is 7. The van der Waals surface area contributed by atoms with Crippen molar-refractivity contribution >= 4 is 17.6 Å². The first-order valence-corrected chi connectivity index (χ1v) is 11.7. The van der Waals surface area contributed by atoms with Crippen molar-refractivity contribution in [3.63, 3.8) is 0 Å². The molecule has 1 aromatic heterocycles. The second-order valence-corrected chi connectivity index (χ2v) is 9.16. The molecule has 33 heavy (non-hydrogen) atoms. The van der Waals surface area contributed by atoms with Crippen molar-refractivity contribution in [2.75, 3.05) is 18.0 Å². The van der Waals surface area contributed by atoms with Gasteiger partial charge in [0, 0.05) is 25.6 Å². The van der Waals surface area contributed by atoms with Crippen LogP contribution in [0.25, 0.3) is 0 Å². The number of oxime groups is 1. The zero-order valence-electron chi connectivity index (χ0n) is 18.5. The minimum absolute atomic E-state index is 0.0186. The summed E-state index contributed by atoms with van der Waals surface area (Å²) in [5.74, 6) is -0.167. The van der Waals surface area contributed by atoms with Crippen LogP contribution >= 0.6 is 0 Å². The van der Waals surface area contributed by atoms with E-state index in [0.717, 1.165) is 32.1 Å². The van der Waals surface area contributed by atoms with Gasteiger partial charge in [0.25, 0.3) is 5.91 Å². The smallest absolute Gasteiger partial charge is 0.269 e. The summed E-state index contributed by atoms with van der Waals surface area (Å²) in [6, 6.07) is 10.4. The molecule has 1 saturated carbocycles. The van der Waals surface area contributed by atoms with Gasteiger partial charge in [0.15, 0.2) is 11.4 Å². The molecule has 8 nitrogen and oxygen atoms in total. The van der Waals surface area contributed by atoms with Gasteiger partial charge in [-0.1, -0.05) is 48.3 Å². The molecule has 2 N–H and O–H groups in total. The topological polar surface area (TPSA) is 91.7 Å². The maximum absolute atomic E-state index is 13.3. The van der Waals surface area contributed by atoms with Gasteiger partial charge in [-0.25, -0.2) is 14.4 Å². The van der Waals surface area contributed by atoms with Crippen LogP contribution in [0.5, 0.6) is 0 Å². The Bertz CT molecular complexity index is 996. The number of piperidine rings is 1. The number of hydrogen-bond donors (Lipinski definition) is 2. The third-order valence-corrected chi connectivity index (χ3v) is 6.82. The Balaban J connectivity index is 1.32. The highest BCUT2D eigenvalue weighted by Gasteiger charge is 2.51. The predicted molar refractivity (Wildman–Crippen MR) is 122 cm³/mol. The zero-order chi connectivity index (χ0) is 22.7. The predicted octanol–water partition coefficient (Wildman–Crippen LogP) is 2.56. The summed E-state index contributed by atoms with van der Waals surface area (Å²) in [6.45, 7) is 1.83. The quantitative estimate of drug-likeness (QED) is 0.700. The number of carbonyl (C=O) groups excluding carboxylic acids is 1. The molecule has 1 aliphatic carbocycles. The maximum atomic E-state index is 13.3. The van der Waals surface area contributed by atoms with E-state index in [1.54, 1.807) is 0 Å². The summed E-state index contributed by atoms with van der Waals surface area (Å²) in [7, 11) is 0. The first-order valence-electron chi connectivity index (χ1n) is 11.7. The Morgan fingerprint density at radius 2 is 1.91 bits per heavy atom. The fourth-order valence-corrected chi connectivity index (χ4v) is 5.05. The van der Waals surface area contributed by atoms with E-state index in [-0.39, 0.29) is 18.0 Å². The summed E-state index contributed by atoms with van der Waals surface area (Å²) in [4.78, 5) is 29.2. The minimum atomic E-state index is -0.729. The molecule has 1 saturated heterocycles. The van der Waals surface area contributed by atoms with Gasteiger partial charge in [-0.2, -0.15) is 0 Å². The molecule has 2 fully saturated rings. The second-order valence-electron chi connectivity index (χ2n) is 9.16. The Kier molecular flexibility index (Phi) is 6.22. The Labute approximate surface area is 192 Å². The van der Waals surface area contributed by atoms with Crippen LogP contribution in [0.1, 0.15) is 44.1 Å². The van der Waals surface area contributed by atoms with Crippen LogP contribution in [-0.2, 0) is 16.2 Å². The van der Waals surface area contributed by atoms with Gasteiger partial charge in [0.05, 0.1) is 25.0 Å². The van der Waals surface area contributed by atoms with Crippen LogP contribution in [0.2, 0.25) is 0 Å². The molecule has 5 rings (SSSR count). The van der Waals surface area contributed by atoms with Crippen LogP contribution in [0.4, 0.5) is 10.3 Å². The van der Waals surface area contributed by atoms with E-state index in [4.69, 9.17) is 4.84 Å². The number of halogens is 1. The van der Waals surface area contributed by atoms with Crippen LogP contribution in [-0.4, -0.2) is 52.4 Å². The van der Waals surface area contributed by atoms with Crippen molar-refractivity contribution in [3.05, 3.63) is 54.1 Å². The molecular formula is C24H29FN6O2. The fourth-order valence-electron chi connectivity index (χ4n) is 5.05. The lowest BCUT2D eigenvalue weighted by atomic mass is 9.83. The molecule has 2 aliphatic heterocycles. The van der Waals surface area contributed by atoms with Gasteiger partial charge in [0.1, 0.15) is 5.71 Å². The van der Waals surface area contributed by atoms with Gasteiger partial charge < -0.3 is 20.4 Å². The van der Waals surface area contributed by atoms with Gasteiger partial charge in [-0.3, -0.25) is 4.79 Å². The van der Waals surface area contributed by atoms with E-state index >= 15 is 0 Å². The van der Waals surface area contributed by atoms with Crippen molar-refractivity contribution in [1.29, 1.82) is 0 Å². The largest absolute Gasteiger partial charge is 0.385 e. The number of carbonyl (C=O) groups is 1. The summed E-state index contributed by atoms with van der Waals surface area (Å²) < 4.78 is 13.3. The Hall–Kier alpha value is -3.07. The third kappa shape index (κ3) is 4.83. The fraction of sp³-hybridized carbons (Fsp3) is 0.500. The average Bonchev–Trinajstić information content (AvgIpc) is 3.50. The average molecular weight is 453 g/mol. The van der Waals surface area contributed by atoms with Crippen molar-refractivity contribution in [3.8, 4) is 0 Å². The van der Waals surface area contributed by atoms with Crippen LogP contribution in [0, 0.1) is 5.82 Å². The number of aromatic nitrogens is 2. The number of anilines is 1. The number of nitrogens with zero attached hydrogens (tertiary/aromatic N) is 4. The summed E-state index contributed by atoms with van der Waals surface area (Å²) in [5, 5.41) is 11.0. The molecule has 0 unspecified atom stereocenters. The SMILES string of the molecule is O=C(NC1CCCC1)C1=NO[C@]2(C1)CN(c1ncc(F)cn1)CC[C@H]2NCc1ccccc1. The Morgan fingerprint density at radius 1 is 1.15 bits per heavy atom. The highest BCUT2D eigenvalue weighted by molar-refractivity contribution is 6.39. The van der Waals surface area contributed by atoms with E-state index in [1.807, 2.05) is 23.1 Å². The molecule has 3 aliphatic rings. The van der Waals surface area contributed by atoms with E-state index in [1.165, 1.54) is 18.0 Å². The summed E-state index contributed by atoms with van der Waals surface area (Å²) in [6.07, 6.45) is 7.81. The Morgan fingerprint density at radius 3 is 2.67 bits per heavy atom. The van der Waals surface area contributed by atoms with Gasteiger partial charge in [-0.15, -0.1) is 0 Å². The van der Waals surface area contributed by atoms with Gasteiger partial charge in [0.2, 0.25) is 5.95 Å². The lowest BCUT2D eigenvalue weighted by molar-refractivity contribution is -0.115. The highest BCUT2D eigenvalue weighted by atomic mass is 19.1. The molecule has 1 amide bonds. The van der Waals surface area contributed by atoms with E-state index in [9.17, 15) is 9.18 Å². The lowest BCUT2D eigenvalue weighted by Gasteiger charge is -2.44. The normalized spacial score (nSPS) is 25.2. The molecule has 9 heteroatoms. The molecule has 174 valence electrons. The van der Waals surface area contributed by atoms with E-state index in [0.29, 0.717) is 37.7 Å². The van der Waals surface area contributed by atoms with Crippen LogP contribution in [0.3, 0.4) is 0 Å². The summed E-state index contributed by atoms with van der Waals surface area (Å²) >= 11 is 0. The molecule has 2 atom stereocenters. The monoisotopic (exact) mass is 452 g/mol. The second kappa shape index (κ2) is 9.43. The highest BCUT2D eigenvalue weighted by Crippen LogP contribution is 2.35. The molecule has 3 heterocycles. The van der Waals surface area contributed by atoms with Crippen molar-refractivity contribution in [2.45, 2.75) is 62.8 Å². The molecule has 1 aromatic carbocycles. The number of nitrogens with one attached hydrogen (secondary N) is 2. The van der Waals surface area contributed by atoms with Crippen molar-refractivity contribution < 1.29 is 14.0 Å². The number of amides is 1. The standard InChI is InChI=1S/C24H29FN6O2/c25-18-14-27-23(28-15-18)31-11-10-21(26-13-17-6-2-1-3-7-17)24(16-31)12-20(30-33-24)22(32)29-19-8-4-5-9-19/h1-3,6-7,14-15,19,21,26H,4-5,8-13,16H2,(H,29,32)/t21-,24-/m1/s1. The van der Waals surface area contributed by atoms with E-state index in [2.05, 4.69) is 37.9 Å². The summed E-state index contributed by atoms with van der Waals surface area (Å²) in [5.41, 5.74) is 0.873. The number of rotatable bonds is 6. The zero-order valence-corrected chi connectivity index (χ0v) is 18.5. The molecule has 0 bridgehead atoms. The molecular weight excluding hydrogens is 423 g/mol.